The normalized spacial score (nSPS) is 11.8. The Kier molecular flexibility index (Phi) is 4.61. The van der Waals surface area contributed by atoms with Crippen LogP contribution in [-0.4, -0.2) is 39.5 Å². The average Bonchev–Trinajstić information content (AvgIpc) is 3.75. The zero-order valence-electron chi connectivity index (χ0n) is 22.3. The van der Waals surface area contributed by atoms with Gasteiger partial charge in [0, 0.05) is 44.1 Å². The fraction of sp³-hybridized carbons (Fsp3) is 0. The highest BCUT2D eigenvalue weighted by molar-refractivity contribution is 6.11. The van der Waals surface area contributed by atoms with E-state index < -0.39 is 0 Å². The van der Waals surface area contributed by atoms with Crippen molar-refractivity contribution < 1.29 is 0 Å². The van der Waals surface area contributed by atoms with E-state index in [9.17, 15) is 5.26 Å². The lowest BCUT2D eigenvalue weighted by Gasteiger charge is -1.97. The third-order valence-corrected chi connectivity index (χ3v) is 7.86. The number of rotatable bonds is 0. The molecule has 0 saturated carbocycles. The van der Waals surface area contributed by atoms with Crippen molar-refractivity contribution in [2.24, 2.45) is 0 Å². The molecule has 8 bridgehead atoms. The van der Waals surface area contributed by atoms with Crippen molar-refractivity contribution in [1.29, 1.82) is 5.26 Å². The summed E-state index contributed by atoms with van der Waals surface area (Å²) in [6.07, 6.45) is 2.29. The first-order valence-electron chi connectivity index (χ1n) is 13.6. The van der Waals surface area contributed by atoms with Crippen LogP contribution in [0.5, 0.6) is 0 Å². The minimum absolute atomic E-state index is 0.427. The van der Waals surface area contributed by atoms with E-state index >= 15 is 0 Å². The van der Waals surface area contributed by atoms with Crippen LogP contribution < -0.4 is 5.73 Å². The Bertz CT molecular complexity index is 2550. The molecule has 10 heteroatoms. The first-order chi connectivity index (χ1) is 21.2. The number of anilines is 1. The van der Waals surface area contributed by atoms with Gasteiger partial charge in [0.2, 0.25) is 0 Å². The molecule has 0 saturated heterocycles. The number of aromatic nitrogens is 8. The zero-order valence-corrected chi connectivity index (χ0v) is 22.3. The Morgan fingerprint density at radius 1 is 0.535 bits per heavy atom. The summed E-state index contributed by atoms with van der Waals surface area (Å²) in [5.41, 5.74) is 12.3. The number of nitrogen functional groups attached to an aromatic ring is 1. The minimum atomic E-state index is 0.427. The molecule has 0 spiro atoms. The molecule has 4 aromatic carbocycles. The van der Waals surface area contributed by atoms with Crippen LogP contribution in [0.25, 0.3) is 89.7 Å². The summed E-state index contributed by atoms with van der Waals surface area (Å²) in [4.78, 5) is 33.0. The van der Waals surface area contributed by atoms with Crippen molar-refractivity contribution in [2.45, 2.75) is 0 Å². The Morgan fingerprint density at radius 2 is 1.00 bits per heavy atom. The lowest BCUT2D eigenvalue weighted by molar-refractivity contribution is 1.11. The average molecular weight is 555 g/mol. The van der Waals surface area contributed by atoms with Gasteiger partial charge in [-0.15, -0.1) is 0 Å². The molecule has 7 aromatic rings. The first kappa shape index (κ1) is 23.3. The third-order valence-electron chi connectivity index (χ3n) is 7.86. The number of H-pyrrole nitrogens is 1. The van der Waals surface area contributed by atoms with Crippen molar-refractivity contribution in [1.82, 2.24) is 39.5 Å². The molecule has 5 heterocycles. The maximum Gasteiger partial charge on any atom is 0.192 e. The number of nitrogens with zero attached hydrogens (tertiary/aromatic N) is 8. The van der Waals surface area contributed by atoms with E-state index in [1.165, 1.54) is 4.57 Å². The van der Waals surface area contributed by atoms with Gasteiger partial charge in [-0.25, -0.2) is 34.5 Å². The third kappa shape index (κ3) is 3.27. The molecule has 0 fully saturated rings. The Morgan fingerprint density at radius 3 is 1.53 bits per heavy atom. The SMILES string of the molecule is N#Cn1c2nc3nc(nc4[nH]c(nc5nc(nc1c1ccccc12)-c1ccccc1-5)c1c(N)cccc41)-c1ccccc1-3. The largest absolute Gasteiger partial charge is 0.398 e. The molecule has 2 aliphatic rings. The maximum atomic E-state index is 10.4. The number of nitriles is 1. The summed E-state index contributed by atoms with van der Waals surface area (Å²) in [5, 5.41) is 13.5. The molecule has 0 aliphatic carbocycles. The van der Waals surface area contributed by atoms with Crippen molar-refractivity contribution in [3.63, 3.8) is 0 Å². The molecule has 3 N–H and O–H groups in total. The summed E-state index contributed by atoms with van der Waals surface area (Å²) in [6, 6.07) is 28.9. The number of hydrogen-bond acceptors (Lipinski definition) is 8. The molecule has 0 amide bonds. The second-order valence-corrected chi connectivity index (χ2v) is 10.3. The van der Waals surface area contributed by atoms with Crippen molar-refractivity contribution in [3.8, 4) is 51.7 Å². The molecule has 0 radical (unpaired) electrons. The smallest absolute Gasteiger partial charge is 0.192 e. The highest BCUT2D eigenvalue weighted by Gasteiger charge is 2.23. The fourth-order valence-corrected chi connectivity index (χ4v) is 5.92. The highest BCUT2D eigenvalue weighted by Crippen LogP contribution is 2.37. The van der Waals surface area contributed by atoms with Crippen LogP contribution >= 0.6 is 0 Å². The second-order valence-electron chi connectivity index (χ2n) is 10.3. The van der Waals surface area contributed by atoms with Gasteiger partial charge in [-0.2, -0.15) is 5.26 Å². The van der Waals surface area contributed by atoms with E-state index in [4.69, 9.17) is 35.6 Å². The predicted molar refractivity (Wildman–Crippen MR) is 165 cm³/mol. The Hall–Kier alpha value is -6.47. The van der Waals surface area contributed by atoms with Gasteiger partial charge >= 0.3 is 0 Å². The summed E-state index contributed by atoms with van der Waals surface area (Å²) >= 11 is 0. The molecule has 0 unspecified atom stereocenters. The van der Waals surface area contributed by atoms with Gasteiger partial charge in [-0.1, -0.05) is 84.9 Å². The zero-order chi connectivity index (χ0) is 28.7. The summed E-state index contributed by atoms with van der Waals surface area (Å²) < 4.78 is 1.43. The number of benzene rings is 4. The van der Waals surface area contributed by atoms with Crippen molar-refractivity contribution in [3.05, 3.63) is 91.0 Å². The van der Waals surface area contributed by atoms with Crippen LogP contribution in [0.15, 0.2) is 91.0 Å². The number of aromatic amines is 1. The van der Waals surface area contributed by atoms with E-state index in [-0.39, 0.29) is 0 Å². The Balaban J connectivity index is 1.56. The number of fused-ring (bicyclic) bond motifs is 20. The quantitative estimate of drug-likeness (QED) is 0.209. The van der Waals surface area contributed by atoms with Crippen LogP contribution in [0, 0.1) is 11.5 Å². The van der Waals surface area contributed by atoms with Gasteiger partial charge in [0.25, 0.3) is 0 Å². The molecular formula is C33H18N10. The second kappa shape index (κ2) is 8.52. The van der Waals surface area contributed by atoms with Crippen LogP contribution in [0.3, 0.4) is 0 Å². The number of nitrogens with two attached hydrogens (primary N) is 1. The first-order valence-corrected chi connectivity index (χ1v) is 13.6. The predicted octanol–water partition coefficient (Wildman–Crippen LogP) is 6.25. The molecule has 0 atom stereocenters. The molecule has 2 aliphatic heterocycles. The molecular weight excluding hydrogens is 536 g/mol. The lowest BCUT2D eigenvalue weighted by Crippen LogP contribution is -1.93. The van der Waals surface area contributed by atoms with E-state index in [0.717, 1.165) is 43.8 Å². The highest BCUT2D eigenvalue weighted by atomic mass is 15.1. The van der Waals surface area contributed by atoms with Gasteiger partial charge in [-0.05, 0) is 6.07 Å². The monoisotopic (exact) mass is 554 g/mol. The van der Waals surface area contributed by atoms with Crippen LogP contribution in [-0.2, 0) is 0 Å². The fourth-order valence-electron chi connectivity index (χ4n) is 5.92. The summed E-state index contributed by atoms with van der Waals surface area (Å²) in [6.45, 7) is 0. The molecule has 10 nitrogen and oxygen atoms in total. The van der Waals surface area contributed by atoms with Crippen LogP contribution in [0.2, 0.25) is 0 Å². The Labute approximate surface area is 242 Å². The topological polar surface area (TPSA) is 148 Å². The molecule has 200 valence electrons. The minimum Gasteiger partial charge on any atom is -0.398 e. The van der Waals surface area contributed by atoms with E-state index in [1.54, 1.807) is 0 Å². The summed E-state index contributed by atoms with van der Waals surface area (Å²) in [5.74, 6) is 1.86. The molecule has 3 aromatic heterocycles. The van der Waals surface area contributed by atoms with Gasteiger partial charge in [-0.3, -0.25) is 0 Å². The van der Waals surface area contributed by atoms with Crippen molar-refractivity contribution in [2.75, 3.05) is 5.73 Å². The van der Waals surface area contributed by atoms with Gasteiger partial charge in [0.15, 0.2) is 40.8 Å². The van der Waals surface area contributed by atoms with Gasteiger partial charge < -0.3 is 10.7 Å². The van der Waals surface area contributed by atoms with Crippen molar-refractivity contribution >= 4 is 49.8 Å². The van der Waals surface area contributed by atoms with Crippen LogP contribution in [0.1, 0.15) is 0 Å². The van der Waals surface area contributed by atoms with Gasteiger partial charge in [0.1, 0.15) is 11.3 Å². The standard InChI is InChI=1S/C33H18N10/c34-16-43-32-21-12-5-6-13-22(21)33(43)42-29-20-11-4-2-9-18(20)27(37-29)39-31-25-23(14-7-15-24(25)35)30(40-31)38-26-17-8-1-3-10-19(17)28(36-26)41-32/h1-15H,35H2,(H,36,37,38,39,40,41,42). The van der Waals surface area contributed by atoms with Crippen LogP contribution in [0.4, 0.5) is 5.69 Å². The number of nitrogens with one attached hydrogen (secondary N) is 1. The number of hydrogen-bond donors (Lipinski definition) is 2. The van der Waals surface area contributed by atoms with Gasteiger partial charge in [0.05, 0.1) is 5.39 Å². The molecule has 9 rings (SSSR count). The van der Waals surface area contributed by atoms with E-state index in [0.29, 0.717) is 51.6 Å². The maximum absolute atomic E-state index is 10.4. The lowest BCUT2D eigenvalue weighted by atomic mass is 10.1. The van der Waals surface area contributed by atoms with E-state index in [1.807, 2.05) is 91.0 Å². The summed E-state index contributed by atoms with van der Waals surface area (Å²) in [7, 11) is 0. The van der Waals surface area contributed by atoms with E-state index in [2.05, 4.69) is 11.2 Å². The molecule has 43 heavy (non-hydrogen) atoms.